The van der Waals surface area contributed by atoms with Crippen molar-refractivity contribution in [3.63, 3.8) is 0 Å². The van der Waals surface area contributed by atoms with E-state index in [0.29, 0.717) is 5.92 Å². The van der Waals surface area contributed by atoms with Gasteiger partial charge in [-0.2, -0.15) is 5.10 Å². The SMILES string of the molecule is C1CCC(c2n[nH]c3c2COCC3)C1. The van der Waals surface area contributed by atoms with Crippen molar-refractivity contribution in [3.8, 4) is 0 Å². The van der Waals surface area contributed by atoms with Crippen molar-refractivity contribution in [2.45, 2.75) is 44.6 Å². The van der Waals surface area contributed by atoms with Crippen LogP contribution in [0.15, 0.2) is 0 Å². The number of nitrogens with one attached hydrogen (secondary N) is 1. The summed E-state index contributed by atoms with van der Waals surface area (Å²) >= 11 is 0. The van der Waals surface area contributed by atoms with Crippen LogP contribution in [0.4, 0.5) is 0 Å². The molecule has 0 bridgehead atoms. The minimum atomic E-state index is 0.705. The quantitative estimate of drug-likeness (QED) is 0.740. The molecule has 0 amide bonds. The first-order valence-corrected chi connectivity index (χ1v) is 5.59. The molecule has 0 saturated heterocycles. The molecule has 1 aromatic heterocycles. The van der Waals surface area contributed by atoms with Crippen molar-refractivity contribution in [1.82, 2.24) is 10.2 Å². The standard InChI is InChI=1S/C11H16N2O/c1-2-4-8(3-1)11-9-7-14-6-5-10(9)12-13-11/h8H,1-7H2,(H,12,13). The van der Waals surface area contributed by atoms with Crippen LogP contribution < -0.4 is 0 Å². The minimum absolute atomic E-state index is 0.705. The molecule has 1 aliphatic carbocycles. The van der Waals surface area contributed by atoms with Crippen LogP contribution in [0.25, 0.3) is 0 Å². The van der Waals surface area contributed by atoms with Crippen molar-refractivity contribution >= 4 is 0 Å². The Hall–Kier alpha value is -0.830. The largest absolute Gasteiger partial charge is 0.376 e. The van der Waals surface area contributed by atoms with Gasteiger partial charge in [0.25, 0.3) is 0 Å². The molecule has 76 valence electrons. The number of H-pyrrole nitrogens is 1. The number of aromatic amines is 1. The highest BCUT2D eigenvalue weighted by atomic mass is 16.5. The molecule has 1 N–H and O–H groups in total. The molecule has 2 heterocycles. The molecule has 3 nitrogen and oxygen atoms in total. The molecule has 0 aromatic carbocycles. The Morgan fingerprint density at radius 1 is 1.29 bits per heavy atom. The van der Waals surface area contributed by atoms with Gasteiger partial charge in [0.15, 0.2) is 0 Å². The van der Waals surface area contributed by atoms with Crippen molar-refractivity contribution in [1.29, 1.82) is 0 Å². The molecule has 0 spiro atoms. The molecule has 3 rings (SSSR count). The molecule has 1 aromatic rings. The zero-order valence-corrected chi connectivity index (χ0v) is 8.38. The van der Waals surface area contributed by atoms with Gasteiger partial charge >= 0.3 is 0 Å². The third kappa shape index (κ3) is 1.27. The molecule has 14 heavy (non-hydrogen) atoms. The topological polar surface area (TPSA) is 37.9 Å². The summed E-state index contributed by atoms with van der Waals surface area (Å²) in [7, 11) is 0. The summed E-state index contributed by atoms with van der Waals surface area (Å²) in [6, 6.07) is 0. The average Bonchev–Trinajstić information content (AvgIpc) is 2.85. The van der Waals surface area contributed by atoms with E-state index in [4.69, 9.17) is 4.74 Å². The number of rotatable bonds is 1. The Labute approximate surface area is 83.9 Å². The highest BCUT2D eigenvalue weighted by Gasteiger charge is 2.25. The molecular formula is C11H16N2O. The maximum absolute atomic E-state index is 5.49. The summed E-state index contributed by atoms with van der Waals surface area (Å²) in [5.74, 6) is 0.705. The van der Waals surface area contributed by atoms with Gasteiger partial charge in [-0.1, -0.05) is 12.8 Å². The predicted molar refractivity (Wildman–Crippen MR) is 53.2 cm³/mol. The van der Waals surface area contributed by atoms with Crippen LogP contribution in [0.5, 0.6) is 0 Å². The molecule has 0 radical (unpaired) electrons. The Morgan fingerprint density at radius 2 is 2.14 bits per heavy atom. The fourth-order valence-corrected chi connectivity index (χ4v) is 2.67. The van der Waals surface area contributed by atoms with Crippen LogP contribution in [0.3, 0.4) is 0 Å². The minimum Gasteiger partial charge on any atom is -0.376 e. The lowest BCUT2D eigenvalue weighted by atomic mass is 9.98. The lowest BCUT2D eigenvalue weighted by Gasteiger charge is -2.14. The van der Waals surface area contributed by atoms with Gasteiger partial charge in [-0.25, -0.2) is 0 Å². The Morgan fingerprint density at radius 3 is 3.00 bits per heavy atom. The van der Waals surface area contributed by atoms with Crippen LogP contribution in [0.2, 0.25) is 0 Å². The summed E-state index contributed by atoms with van der Waals surface area (Å²) in [6.45, 7) is 1.62. The molecule has 1 aliphatic heterocycles. The lowest BCUT2D eigenvalue weighted by molar-refractivity contribution is 0.109. The van der Waals surface area contributed by atoms with Crippen molar-refractivity contribution < 1.29 is 4.74 Å². The molecule has 0 unspecified atom stereocenters. The van der Waals surface area contributed by atoms with Crippen molar-refractivity contribution in [2.75, 3.05) is 6.61 Å². The van der Waals surface area contributed by atoms with Crippen LogP contribution in [0, 0.1) is 0 Å². The van der Waals surface area contributed by atoms with Gasteiger partial charge in [0.2, 0.25) is 0 Å². The number of ether oxygens (including phenoxy) is 1. The van der Waals surface area contributed by atoms with Gasteiger partial charge in [0, 0.05) is 23.6 Å². The lowest BCUT2D eigenvalue weighted by Crippen LogP contribution is -2.10. The maximum atomic E-state index is 5.49. The second kappa shape index (κ2) is 3.39. The molecule has 1 fully saturated rings. The Kier molecular flexibility index (Phi) is 2.05. The Balaban J connectivity index is 1.93. The molecule has 3 heteroatoms. The van der Waals surface area contributed by atoms with Crippen LogP contribution >= 0.6 is 0 Å². The monoisotopic (exact) mass is 192 g/mol. The van der Waals surface area contributed by atoms with Crippen LogP contribution in [0.1, 0.15) is 48.6 Å². The smallest absolute Gasteiger partial charge is 0.0753 e. The van der Waals surface area contributed by atoms with Gasteiger partial charge in [-0.05, 0) is 12.8 Å². The van der Waals surface area contributed by atoms with Gasteiger partial charge < -0.3 is 4.74 Å². The fraction of sp³-hybridized carbons (Fsp3) is 0.727. The van der Waals surface area contributed by atoms with E-state index in [1.807, 2.05) is 0 Å². The van der Waals surface area contributed by atoms with Gasteiger partial charge in [0.05, 0.1) is 18.9 Å². The maximum Gasteiger partial charge on any atom is 0.0753 e. The van der Waals surface area contributed by atoms with E-state index < -0.39 is 0 Å². The van der Waals surface area contributed by atoms with E-state index in [1.165, 1.54) is 42.6 Å². The zero-order valence-electron chi connectivity index (χ0n) is 8.38. The highest BCUT2D eigenvalue weighted by molar-refractivity contribution is 5.29. The summed E-state index contributed by atoms with van der Waals surface area (Å²) in [6.07, 6.45) is 6.38. The third-order valence-corrected chi connectivity index (χ3v) is 3.47. The third-order valence-electron chi connectivity index (χ3n) is 3.47. The van der Waals surface area contributed by atoms with E-state index in [2.05, 4.69) is 10.2 Å². The van der Waals surface area contributed by atoms with Gasteiger partial charge in [-0.3, -0.25) is 5.10 Å². The molecule has 1 saturated carbocycles. The summed E-state index contributed by atoms with van der Waals surface area (Å²) < 4.78 is 5.49. The van der Waals surface area contributed by atoms with Gasteiger partial charge in [0.1, 0.15) is 0 Å². The second-order valence-corrected chi connectivity index (χ2v) is 4.35. The summed E-state index contributed by atoms with van der Waals surface area (Å²) in [4.78, 5) is 0. The molecular weight excluding hydrogens is 176 g/mol. The van der Waals surface area contributed by atoms with Crippen molar-refractivity contribution in [3.05, 3.63) is 17.0 Å². The van der Waals surface area contributed by atoms with E-state index in [9.17, 15) is 0 Å². The first kappa shape index (κ1) is 8.48. The van der Waals surface area contributed by atoms with Gasteiger partial charge in [-0.15, -0.1) is 0 Å². The number of hydrogen-bond donors (Lipinski definition) is 1. The average molecular weight is 192 g/mol. The predicted octanol–water partition coefficient (Wildman–Crippen LogP) is 2.14. The molecule has 2 aliphatic rings. The fourth-order valence-electron chi connectivity index (χ4n) is 2.67. The molecule has 0 atom stereocenters. The van der Waals surface area contributed by atoms with E-state index in [0.717, 1.165) is 19.6 Å². The normalized spacial score (nSPS) is 22.6. The number of fused-ring (bicyclic) bond motifs is 1. The highest BCUT2D eigenvalue weighted by Crippen LogP contribution is 2.36. The van der Waals surface area contributed by atoms with E-state index >= 15 is 0 Å². The van der Waals surface area contributed by atoms with Crippen LogP contribution in [-0.4, -0.2) is 16.8 Å². The zero-order chi connectivity index (χ0) is 9.38. The first-order valence-electron chi connectivity index (χ1n) is 5.59. The summed E-state index contributed by atoms with van der Waals surface area (Å²) in [5.41, 5.74) is 3.98. The number of aromatic nitrogens is 2. The number of hydrogen-bond acceptors (Lipinski definition) is 2. The second-order valence-electron chi connectivity index (χ2n) is 4.35. The van der Waals surface area contributed by atoms with E-state index in [-0.39, 0.29) is 0 Å². The summed E-state index contributed by atoms with van der Waals surface area (Å²) in [5, 5.41) is 7.65. The van der Waals surface area contributed by atoms with Crippen LogP contribution in [-0.2, 0) is 17.8 Å². The van der Waals surface area contributed by atoms with E-state index in [1.54, 1.807) is 0 Å². The first-order chi connectivity index (χ1) is 6.95. The number of nitrogens with zero attached hydrogens (tertiary/aromatic N) is 1. The van der Waals surface area contributed by atoms with Crippen molar-refractivity contribution in [2.24, 2.45) is 0 Å². The Bertz CT molecular complexity index is 326.